The molecule has 0 aliphatic heterocycles. The number of nitrogens with one attached hydrogen (secondary N) is 2. The molecule has 3 amide bonds. The van der Waals surface area contributed by atoms with E-state index in [1.54, 1.807) is 55.8 Å². The molecule has 0 saturated heterocycles. The average Bonchev–Trinajstić information content (AvgIpc) is 2.86. The van der Waals surface area contributed by atoms with Gasteiger partial charge in [0.25, 0.3) is 0 Å². The topological polar surface area (TPSA) is 119 Å². The Hall–Kier alpha value is -3.50. The van der Waals surface area contributed by atoms with Crippen LogP contribution in [0.25, 0.3) is 0 Å². The molecule has 2 rings (SSSR count). The van der Waals surface area contributed by atoms with Crippen LogP contribution < -0.4 is 15.4 Å². The van der Waals surface area contributed by atoms with Crippen LogP contribution >= 0.6 is 0 Å². The van der Waals surface area contributed by atoms with Gasteiger partial charge in [0, 0.05) is 46.3 Å². The van der Waals surface area contributed by atoms with Crippen LogP contribution in [0.2, 0.25) is 0 Å². The summed E-state index contributed by atoms with van der Waals surface area (Å²) >= 11 is 0. The SMILES string of the molecule is CCOc1ccc([C@@H](C(=O)NCCOC)N(CCOC)C(=O)CCC(=O)Nc2ccccn2)cc1. The minimum absolute atomic E-state index is 0.0554. The van der Waals surface area contributed by atoms with Gasteiger partial charge < -0.3 is 29.7 Å². The number of nitrogens with zero attached hydrogens (tertiary/aromatic N) is 2. The van der Waals surface area contributed by atoms with Crippen molar-refractivity contribution in [2.24, 2.45) is 0 Å². The van der Waals surface area contributed by atoms with E-state index >= 15 is 0 Å². The second-order valence-electron chi connectivity index (χ2n) is 7.53. The van der Waals surface area contributed by atoms with Crippen molar-refractivity contribution in [2.45, 2.75) is 25.8 Å². The molecule has 0 unspecified atom stereocenters. The lowest BCUT2D eigenvalue weighted by atomic mass is 10.0. The Morgan fingerprint density at radius 2 is 1.74 bits per heavy atom. The number of aromatic nitrogens is 1. The summed E-state index contributed by atoms with van der Waals surface area (Å²) in [6.45, 7) is 3.43. The van der Waals surface area contributed by atoms with Crippen LogP contribution in [0.15, 0.2) is 48.7 Å². The lowest BCUT2D eigenvalue weighted by molar-refractivity contribution is -0.142. The molecule has 0 saturated carbocycles. The maximum absolute atomic E-state index is 13.3. The van der Waals surface area contributed by atoms with Gasteiger partial charge in [0.2, 0.25) is 17.7 Å². The minimum Gasteiger partial charge on any atom is -0.494 e. The van der Waals surface area contributed by atoms with E-state index in [4.69, 9.17) is 14.2 Å². The molecule has 0 fully saturated rings. The van der Waals surface area contributed by atoms with Crippen molar-refractivity contribution in [1.29, 1.82) is 0 Å². The number of pyridine rings is 1. The van der Waals surface area contributed by atoms with E-state index in [0.717, 1.165) is 0 Å². The van der Waals surface area contributed by atoms with Gasteiger partial charge in [-0.15, -0.1) is 0 Å². The molecule has 10 nitrogen and oxygen atoms in total. The second-order valence-corrected chi connectivity index (χ2v) is 7.53. The Morgan fingerprint density at radius 3 is 2.37 bits per heavy atom. The number of anilines is 1. The zero-order chi connectivity index (χ0) is 25.5. The van der Waals surface area contributed by atoms with Gasteiger partial charge in [-0.2, -0.15) is 0 Å². The number of amides is 3. The van der Waals surface area contributed by atoms with Gasteiger partial charge in [-0.3, -0.25) is 14.4 Å². The smallest absolute Gasteiger partial charge is 0.247 e. The monoisotopic (exact) mass is 486 g/mol. The number of ether oxygens (including phenoxy) is 3. The van der Waals surface area contributed by atoms with Crippen LogP contribution in [0.1, 0.15) is 31.4 Å². The van der Waals surface area contributed by atoms with E-state index in [1.807, 2.05) is 6.92 Å². The first-order valence-corrected chi connectivity index (χ1v) is 11.5. The molecule has 1 atom stereocenters. The first-order valence-electron chi connectivity index (χ1n) is 11.5. The molecule has 1 aromatic heterocycles. The second kappa shape index (κ2) is 15.4. The molecule has 0 aliphatic carbocycles. The number of carbonyl (C=O) groups excluding carboxylic acids is 3. The molecule has 1 heterocycles. The van der Waals surface area contributed by atoms with Crippen molar-refractivity contribution in [3.05, 3.63) is 54.2 Å². The number of rotatable bonds is 15. The summed E-state index contributed by atoms with van der Waals surface area (Å²) in [7, 11) is 3.06. The van der Waals surface area contributed by atoms with Gasteiger partial charge >= 0.3 is 0 Å². The number of benzene rings is 1. The molecule has 2 N–H and O–H groups in total. The summed E-state index contributed by atoms with van der Waals surface area (Å²) in [5.74, 6) is 0.0280. The fourth-order valence-electron chi connectivity index (χ4n) is 3.35. The van der Waals surface area contributed by atoms with Gasteiger partial charge in [-0.05, 0) is 36.8 Å². The van der Waals surface area contributed by atoms with Gasteiger partial charge in [0.05, 0.1) is 19.8 Å². The summed E-state index contributed by atoms with van der Waals surface area (Å²) in [6.07, 6.45) is 1.43. The van der Waals surface area contributed by atoms with Crippen LogP contribution in [0.4, 0.5) is 5.82 Å². The first kappa shape index (κ1) is 27.7. The highest BCUT2D eigenvalue weighted by atomic mass is 16.5. The molecular formula is C25H34N4O6. The number of hydrogen-bond donors (Lipinski definition) is 2. The summed E-state index contributed by atoms with van der Waals surface area (Å²) in [6, 6.07) is 11.3. The van der Waals surface area contributed by atoms with Crippen LogP contribution in [0, 0.1) is 0 Å². The highest BCUT2D eigenvalue weighted by Crippen LogP contribution is 2.25. The highest BCUT2D eigenvalue weighted by Gasteiger charge is 2.31. The Morgan fingerprint density at radius 1 is 1.00 bits per heavy atom. The van der Waals surface area contributed by atoms with E-state index in [9.17, 15) is 14.4 Å². The maximum atomic E-state index is 13.3. The number of hydrogen-bond acceptors (Lipinski definition) is 7. The molecule has 0 aliphatic rings. The zero-order valence-electron chi connectivity index (χ0n) is 20.5. The Kier molecular flexibility index (Phi) is 12.2. The third-order valence-corrected chi connectivity index (χ3v) is 5.03. The molecule has 0 spiro atoms. The summed E-state index contributed by atoms with van der Waals surface area (Å²) in [5.41, 5.74) is 0.616. The van der Waals surface area contributed by atoms with Crippen LogP contribution in [0.5, 0.6) is 5.75 Å². The molecule has 35 heavy (non-hydrogen) atoms. The van der Waals surface area contributed by atoms with E-state index in [-0.39, 0.29) is 43.7 Å². The predicted octanol–water partition coefficient (Wildman–Crippen LogP) is 2.18. The lowest BCUT2D eigenvalue weighted by Crippen LogP contribution is -2.45. The normalized spacial score (nSPS) is 11.4. The van der Waals surface area contributed by atoms with Crippen LogP contribution in [-0.4, -0.2) is 74.7 Å². The third kappa shape index (κ3) is 9.34. The number of carbonyl (C=O) groups is 3. The van der Waals surface area contributed by atoms with Crippen molar-refractivity contribution in [1.82, 2.24) is 15.2 Å². The zero-order valence-corrected chi connectivity index (χ0v) is 20.5. The van der Waals surface area contributed by atoms with Crippen LogP contribution in [0.3, 0.4) is 0 Å². The Bertz CT molecular complexity index is 923. The minimum atomic E-state index is -0.913. The van der Waals surface area contributed by atoms with Gasteiger partial charge in [-0.25, -0.2) is 4.98 Å². The van der Waals surface area contributed by atoms with E-state index < -0.39 is 6.04 Å². The lowest BCUT2D eigenvalue weighted by Gasteiger charge is -2.31. The molecule has 190 valence electrons. The molecule has 2 aromatic rings. The van der Waals surface area contributed by atoms with E-state index in [1.165, 1.54) is 12.0 Å². The van der Waals surface area contributed by atoms with Gasteiger partial charge in [0.1, 0.15) is 17.6 Å². The molecule has 0 radical (unpaired) electrons. The summed E-state index contributed by atoms with van der Waals surface area (Å²) < 4.78 is 15.7. The van der Waals surface area contributed by atoms with Crippen LogP contribution in [-0.2, 0) is 23.9 Å². The molecular weight excluding hydrogens is 452 g/mol. The number of methoxy groups -OCH3 is 2. The largest absolute Gasteiger partial charge is 0.494 e. The average molecular weight is 487 g/mol. The quantitative estimate of drug-likeness (QED) is 0.370. The first-order chi connectivity index (χ1) is 17.0. The van der Waals surface area contributed by atoms with Crippen molar-refractivity contribution < 1.29 is 28.6 Å². The maximum Gasteiger partial charge on any atom is 0.247 e. The van der Waals surface area contributed by atoms with Crippen molar-refractivity contribution in [3.63, 3.8) is 0 Å². The van der Waals surface area contributed by atoms with E-state index in [2.05, 4.69) is 15.6 Å². The van der Waals surface area contributed by atoms with E-state index in [0.29, 0.717) is 36.9 Å². The summed E-state index contributed by atoms with van der Waals surface area (Å²) in [5, 5.41) is 5.48. The Balaban J connectivity index is 2.20. The highest BCUT2D eigenvalue weighted by molar-refractivity contribution is 5.94. The molecule has 0 bridgehead atoms. The van der Waals surface area contributed by atoms with Crippen molar-refractivity contribution >= 4 is 23.5 Å². The molecule has 1 aromatic carbocycles. The fraction of sp³-hybridized carbons (Fsp3) is 0.440. The van der Waals surface area contributed by atoms with Crippen molar-refractivity contribution in [2.75, 3.05) is 52.4 Å². The Labute approximate surface area is 206 Å². The van der Waals surface area contributed by atoms with Gasteiger partial charge in [-0.1, -0.05) is 18.2 Å². The summed E-state index contributed by atoms with van der Waals surface area (Å²) in [4.78, 5) is 44.3. The van der Waals surface area contributed by atoms with Crippen molar-refractivity contribution in [3.8, 4) is 5.75 Å². The molecule has 10 heteroatoms. The fourth-order valence-corrected chi connectivity index (χ4v) is 3.35. The standard InChI is InChI=1S/C25H34N4O6/c1-4-35-20-10-8-19(9-11-20)24(25(32)27-15-17-33-2)29(16-18-34-3)23(31)13-12-22(30)28-21-7-5-6-14-26-21/h5-11,14,24H,4,12-13,15-18H2,1-3H3,(H,27,32)(H,26,28,30)/t24-/m0/s1. The third-order valence-electron chi connectivity index (χ3n) is 5.03. The van der Waals surface area contributed by atoms with Gasteiger partial charge in [0.15, 0.2) is 0 Å². The predicted molar refractivity (Wildman–Crippen MR) is 131 cm³/mol.